The largest absolute Gasteiger partial charge is 0.326 e. The van der Waals surface area contributed by atoms with Gasteiger partial charge in [0.1, 0.15) is 0 Å². The summed E-state index contributed by atoms with van der Waals surface area (Å²) in [5, 5.41) is 3.39. The number of hydrogen-bond acceptors (Lipinski definition) is 2. The van der Waals surface area contributed by atoms with Crippen molar-refractivity contribution in [1.82, 2.24) is 0 Å². The second kappa shape index (κ2) is 6.44. The van der Waals surface area contributed by atoms with Crippen molar-refractivity contribution in [1.29, 1.82) is 0 Å². The first-order valence-electron chi connectivity index (χ1n) is 7.60. The number of amides is 2. The van der Waals surface area contributed by atoms with Gasteiger partial charge in [0, 0.05) is 22.4 Å². The maximum absolute atomic E-state index is 12.6. The van der Waals surface area contributed by atoms with Gasteiger partial charge < -0.3 is 5.32 Å². The molecule has 2 amide bonds. The Morgan fingerprint density at radius 1 is 1.23 bits per heavy atom. The normalized spacial score (nSPS) is 17.0. The molecule has 0 fully saturated rings. The molecule has 3 nitrogen and oxygen atoms in total. The average molecular weight is 312 g/mol. The lowest BCUT2D eigenvalue weighted by Gasteiger charge is -2.32. The van der Waals surface area contributed by atoms with Gasteiger partial charge in [0.2, 0.25) is 0 Å². The summed E-state index contributed by atoms with van der Waals surface area (Å²) in [5.41, 5.74) is 3.10. The van der Waals surface area contributed by atoms with E-state index in [-0.39, 0.29) is 6.03 Å². The Hall–Kier alpha value is -1.94. The highest BCUT2D eigenvalue weighted by Gasteiger charge is 2.26. The van der Waals surface area contributed by atoms with Gasteiger partial charge in [-0.3, -0.25) is 4.90 Å². The number of aryl methyl sites for hydroxylation is 1. The smallest absolute Gasteiger partial charge is 0.308 e. The summed E-state index contributed by atoms with van der Waals surface area (Å²) in [6.07, 6.45) is 1.00. The molecule has 0 radical (unpaired) electrons. The van der Waals surface area contributed by atoms with Crippen LogP contribution >= 0.6 is 11.8 Å². The first kappa shape index (κ1) is 15.0. The monoisotopic (exact) mass is 312 g/mol. The molecule has 1 atom stereocenters. The number of carbonyl (C=O) groups is 1. The van der Waals surface area contributed by atoms with E-state index < -0.39 is 0 Å². The minimum atomic E-state index is -0.0659. The SMILES string of the molecule is CCc1ccc(NC(=O)N2CC(C)Sc3ccccc32)cc1. The number of para-hydroxylation sites is 1. The van der Waals surface area contributed by atoms with Gasteiger partial charge in [-0.2, -0.15) is 0 Å². The molecule has 2 aromatic carbocycles. The molecule has 1 aliphatic rings. The molecule has 4 heteroatoms. The van der Waals surface area contributed by atoms with Gasteiger partial charge in [-0.15, -0.1) is 11.8 Å². The summed E-state index contributed by atoms with van der Waals surface area (Å²) in [5.74, 6) is 0. The van der Waals surface area contributed by atoms with Gasteiger partial charge in [0.25, 0.3) is 0 Å². The van der Waals surface area contributed by atoms with E-state index in [1.165, 1.54) is 5.56 Å². The first-order chi connectivity index (χ1) is 10.7. The molecule has 22 heavy (non-hydrogen) atoms. The zero-order chi connectivity index (χ0) is 15.5. The Balaban J connectivity index is 1.79. The maximum atomic E-state index is 12.6. The molecule has 1 N–H and O–H groups in total. The van der Waals surface area contributed by atoms with E-state index in [4.69, 9.17) is 0 Å². The van der Waals surface area contributed by atoms with Crippen LogP contribution in [0.25, 0.3) is 0 Å². The molecule has 2 aromatic rings. The summed E-state index contributed by atoms with van der Waals surface area (Å²) in [4.78, 5) is 15.6. The summed E-state index contributed by atoms with van der Waals surface area (Å²) in [7, 11) is 0. The summed E-state index contributed by atoms with van der Waals surface area (Å²) < 4.78 is 0. The van der Waals surface area contributed by atoms with Crippen LogP contribution in [0.3, 0.4) is 0 Å². The van der Waals surface area contributed by atoms with E-state index in [2.05, 4.69) is 37.4 Å². The number of nitrogens with one attached hydrogen (secondary N) is 1. The van der Waals surface area contributed by atoms with Crippen LogP contribution in [0.15, 0.2) is 53.4 Å². The molecule has 0 spiro atoms. The quantitative estimate of drug-likeness (QED) is 0.865. The van der Waals surface area contributed by atoms with E-state index >= 15 is 0 Å². The van der Waals surface area contributed by atoms with Crippen molar-refractivity contribution >= 4 is 29.2 Å². The molecule has 1 aliphatic heterocycles. The lowest BCUT2D eigenvalue weighted by atomic mass is 10.1. The molecule has 114 valence electrons. The fraction of sp³-hybridized carbons (Fsp3) is 0.278. The number of benzene rings is 2. The Morgan fingerprint density at radius 2 is 1.95 bits per heavy atom. The lowest BCUT2D eigenvalue weighted by molar-refractivity contribution is 0.256. The highest BCUT2D eigenvalue weighted by Crippen LogP contribution is 2.38. The Labute approximate surface area is 135 Å². The Morgan fingerprint density at radius 3 is 2.68 bits per heavy atom. The van der Waals surface area contributed by atoms with Crippen LogP contribution in [-0.2, 0) is 6.42 Å². The van der Waals surface area contributed by atoms with Crippen LogP contribution in [0, 0.1) is 0 Å². The van der Waals surface area contributed by atoms with Gasteiger partial charge in [0.15, 0.2) is 0 Å². The molecule has 0 saturated heterocycles. The molecule has 0 saturated carbocycles. The zero-order valence-corrected chi connectivity index (χ0v) is 13.7. The van der Waals surface area contributed by atoms with Crippen LogP contribution in [0.4, 0.5) is 16.2 Å². The fourth-order valence-electron chi connectivity index (χ4n) is 2.60. The second-order valence-corrected chi connectivity index (χ2v) is 6.97. The molecule has 0 aliphatic carbocycles. The van der Waals surface area contributed by atoms with Gasteiger partial charge in [0.05, 0.1) is 5.69 Å². The predicted octanol–water partition coefficient (Wildman–Crippen LogP) is 4.78. The maximum Gasteiger partial charge on any atom is 0.326 e. The van der Waals surface area contributed by atoms with Gasteiger partial charge in [-0.1, -0.05) is 38.1 Å². The molecule has 0 aromatic heterocycles. The number of fused-ring (bicyclic) bond motifs is 1. The summed E-state index contributed by atoms with van der Waals surface area (Å²) >= 11 is 1.82. The van der Waals surface area contributed by atoms with Crippen LogP contribution in [-0.4, -0.2) is 17.8 Å². The standard InChI is InChI=1S/C18H20N2OS/c1-3-14-8-10-15(11-9-14)19-18(21)20-12-13(2)22-17-7-5-4-6-16(17)20/h4-11,13H,3,12H2,1-2H3,(H,19,21). The van der Waals surface area contributed by atoms with Crippen molar-refractivity contribution in [2.24, 2.45) is 0 Å². The van der Waals surface area contributed by atoms with E-state index in [0.29, 0.717) is 5.25 Å². The number of rotatable bonds is 2. The summed E-state index contributed by atoms with van der Waals surface area (Å²) in [6, 6.07) is 16.0. The number of urea groups is 1. The molecular weight excluding hydrogens is 292 g/mol. The number of hydrogen-bond donors (Lipinski definition) is 1. The lowest BCUT2D eigenvalue weighted by Crippen LogP contribution is -2.41. The molecule has 1 unspecified atom stereocenters. The molecular formula is C18H20N2OS. The highest BCUT2D eigenvalue weighted by molar-refractivity contribution is 8.00. The number of nitrogens with zero attached hydrogens (tertiary/aromatic N) is 1. The van der Waals surface area contributed by atoms with Crippen LogP contribution in [0.5, 0.6) is 0 Å². The van der Waals surface area contributed by atoms with Crippen molar-refractivity contribution in [3.05, 3.63) is 54.1 Å². The number of thioether (sulfide) groups is 1. The molecule has 3 rings (SSSR count). The Kier molecular flexibility index (Phi) is 4.39. The second-order valence-electron chi connectivity index (χ2n) is 5.49. The highest BCUT2D eigenvalue weighted by atomic mass is 32.2. The van der Waals surface area contributed by atoms with Gasteiger partial charge in [-0.25, -0.2) is 4.79 Å². The molecule has 1 heterocycles. The van der Waals surface area contributed by atoms with Crippen molar-refractivity contribution < 1.29 is 4.79 Å². The van der Waals surface area contributed by atoms with E-state index in [9.17, 15) is 4.79 Å². The van der Waals surface area contributed by atoms with Crippen molar-refractivity contribution in [3.63, 3.8) is 0 Å². The minimum Gasteiger partial charge on any atom is -0.308 e. The average Bonchev–Trinajstić information content (AvgIpc) is 2.54. The summed E-state index contributed by atoms with van der Waals surface area (Å²) in [6.45, 7) is 4.99. The number of anilines is 2. The third kappa shape index (κ3) is 3.12. The van der Waals surface area contributed by atoms with Crippen molar-refractivity contribution in [2.75, 3.05) is 16.8 Å². The molecule has 0 bridgehead atoms. The fourth-order valence-corrected chi connectivity index (χ4v) is 3.71. The van der Waals surface area contributed by atoms with Crippen LogP contribution < -0.4 is 10.2 Å². The van der Waals surface area contributed by atoms with E-state index in [0.717, 1.165) is 29.2 Å². The number of carbonyl (C=O) groups excluding carboxylic acids is 1. The third-order valence-corrected chi connectivity index (χ3v) is 4.93. The van der Waals surface area contributed by atoms with Crippen LogP contribution in [0.2, 0.25) is 0 Å². The minimum absolute atomic E-state index is 0.0659. The van der Waals surface area contributed by atoms with Gasteiger partial charge >= 0.3 is 6.03 Å². The van der Waals surface area contributed by atoms with E-state index in [1.807, 2.05) is 47.0 Å². The topological polar surface area (TPSA) is 32.3 Å². The Bertz CT molecular complexity index is 669. The first-order valence-corrected chi connectivity index (χ1v) is 8.48. The van der Waals surface area contributed by atoms with Crippen LogP contribution in [0.1, 0.15) is 19.4 Å². The van der Waals surface area contributed by atoms with Crippen molar-refractivity contribution in [2.45, 2.75) is 30.4 Å². The predicted molar refractivity (Wildman–Crippen MR) is 93.9 cm³/mol. The van der Waals surface area contributed by atoms with E-state index in [1.54, 1.807) is 0 Å². The zero-order valence-electron chi connectivity index (χ0n) is 12.9. The van der Waals surface area contributed by atoms with Crippen molar-refractivity contribution in [3.8, 4) is 0 Å². The van der Waals surface area contributed by atoms with Gasteiger partial charge in [-0.05, 0) is 36.2 Å². The third-order valence-electron chi connectivity index (χ3n) is 3.78.